The molecular formula is C15H26N2O2. The quantitative estimate of drug-likeness (QED) is 0.792. The Morgan fingerprint density at radius 2 is 1.79 bits per heavy atom. The van der Waals surface area contributed by atoms with Crippen LogP contribution in [0.5, 0.6) is 0 Å². The first-order chi connectivity index (χ1) is 8.78. The zero-order valence-electron chi connectivity index (χ0n) is 12.6. The summed E-state index contributed by atoms with van der Waals surface area (Å²) in [6.45, 7) is 10.7. The average molecular weight is 266 g/mol. The van der Waals surface area contributed by atoms with Crippen molar-refractivity contribution in [2.24, 2.45) is 16.7 Å². The lowest BCUT2D eigenvalue weighted by molar-refractivity contribution is -0.144. The van der Waals surface area contributed by atoms with Crippen LogP contribution in [0.4, 0.5) is 0 Å². The fraction of sp³-hybridized carbons (Fsp3) is 0.867. The van der Waals surface area contributed by atoms with Crippen molar-refractivity contribution in [1.29, 1.82) is 0 Å². The maximum absolute atomic E-state index is 12.6. The summed E-state index contributed by atoms with van der Waals surface area (Å²) in [7, 11) is 0. The fourth-order valence-electron chi connectivity index (χ4n) is 3.09. The highest BCUT2D eigenvalue weighted by Gasteiger charge is 2.51. The van der Waals surface area contributed by atoms with E-state index >= 15 is 0 Å². The molecule has 2 amide bonds. The van der Waals surface area contributed by atoms with Crippen molar-refractivity contribution in [2.45, 2.75) is 47.0 Å². The molecular weight excluding hydrogens is 240 g/mol. The molecule has 4 heteroatoms. The van der Waals surface area contributed by atoms with Gasteiger partial charge in [0.1, 0.15) is 0 Å². The maximum atomic E-state index is 12.6. The number of nitrogens with zero attached hydrogens (tertiary/aromatic N) is 1. The molecule has 2 fully saturated rings. The summed E-state index contributed by atoms with van der Waals surface area (Å²) in [6.07, 6.45) is 2.43. The number of hydrogen-bond acceptors (Lipinski definition) is 3. The summed E-state index contributed by atoms with van der Waals surface area (Å²) < 4.78 is 0. The molecule has 0 aromatic rings. The number of hydrogen-bond donors (Lipinski definition) is 1. The molecule has 1 unspecified atom stereocenters. The summed E-state index contributed by atoms with van der Waals surface area (Å²) in [6, 6.07) is 0. The Kier molecular flexibility index (Phi) is 3.74. The lowest BCUT2D eigenvalue weighted by atomic mass is 9.77. The van der Waals surface area contributed by atoms with Crippen LogP contribution in [-0.2, 0) is 9.59 Å². The number of likely N-dealkylation sites (tertiary alicyclic amines) is 1. The zero-order valence-corrected chi connectivity index (χ0v) is 12.6. The highest BCUT2D eigenvalue weighted by molar-refractivity contribution is 6.05. The number of carbonyl (C=O) groups is 2. The molecule has 1 atom stereocenters. The van der Waals surface area contributed by atoms with Gasteiger partial charge in [-0.25, -0.2) is 0 Å². The first kappa shape index (κ1) is 14.5. The van der Waals surface area contributed by atoms with E-state index in [1.807, 2.05) is 20.8 Å². The van der Waals surface area contributed by atoms with Gasteiger partial charge in [-0.2, -0.15) is 0 Å². The topological polar surface area (TPSA) is 49.4 Å². The molecule has 108 valence electrons. The third kappa shape index (κ3) is 2.55. The first-order valence-electron chi connectivity index (χ1n) is 7.34. The summed E-state index contributed by atoms with van der Waals surface area (Å²) in [4.78, 5) is 26.3. The largest absolute Gasteiger partial charge is 0.317 e. The van der Waals surface area contributed by atoms with Crippen molar-refractivity contribution in [2.75, 3.05) is 19.6 Å². The maximum Gasteiger partial charge on any atom is 0.235 e. The molecule has 0 spiro atoms. The average Bonchev–Trinajstić information content (AvgIpc) is 2.55. The van der Waals surface area contributed by atoms with E-state index in [4.69, 9.17) is 0 Å². The predicted molar refractivity (Wildman–Crippen MR) is 74.5 cm³/mol. The predicted octanol–water partition coefficient (Wildman–Crippen LogP) is 1.80. The van der Waals surface area contributed by atoms with Gasteiger partial charge in [0.25, 0.3) is 0 Å². The summed E-state index contributed by atoms with van der Waals surface area (Å²) in [5, 5.41) is 3.33. The fourth-order valence-corrected chi connectivity index (χ4v) is 3.09. The van der Waals surface area contributed by atoms with E-state index in [0.717, 1.165) is 25.9 Å². The van der Waals surface area contributed by atoms with Crippen LogP contribution in [0.25, 0.3) is 0 Å². The van der Waals surface area contributed by atoms with E-state index in [-0.39, 0.29) is 23.1 Å². The highest BCUT2D eigenvalue weighted by atomic mass is 16.2. The molecule has 1 N–H and O–H groups in total. The van der Waals surface area contributed by atoms with Gasteiger partial charge >= 0.3 is 0 Å². The van der Waals surface area contributed by atoms with Gasteiger partial charge in [-0.1, -0.05) is 20.8 Å². The van der Waals surface area contributed by atoms with Crippen LogP contribution < -0.4 is 5.32 Å². The second-order valence-electron chi connectivity index (χ2n) is 7.09. The van der Waals surface area contributed by atoms with Gasteiger partial charge < -0.3 is 5.32 Å². The van der Waals surface area contributed by atoms with E-state index in [9.17, 15) is 9.59 Å². The highest BCUT2D eigenvalue weighted by Crippen LogP contribution is 2.41. The van der Waals surface area contributed by atoms with E-state index in [0.29, 0.717) is 13.0 Å². The lowest BCUT2D eigenvalue weighted by Gasteiger charge is -2.37. The van der Waals surface area contributed by atoms with Crippen molar-refractivity contribution in [3.63, 3.8) is 0 Å². The molecule has 0 saturated carbocycles. The van der Waals surface area contributed by atoms with Crippen LogP contribution in [0.1, 0.15) is 47.0 Å². The Morgan fingerprint density at radius 1 is 1.21 bits per heavy atom. The lowest BCUT2D eigenvalue weighted by Crippen LogP contribution is -2.46. The smallest absolute Gasteiger partial charge is 0.235 e. The van der Waals surface area contributed by atoms with Crippen LogP contribution in [0.15, 0.2) is 0 Å². The Hall–Kier alpha value is -0.900. The molecule has 2 rings (SSSR count). The van der Waals surface area contributed by atoms with E-state index in [2.05, 4.69) is 12.2 Å². The van der Waals surface area contributed by atoms with Gasteiger partial charge in [-0.05, 0) is 44.2 Å². The molecule has 0 aliphatic carbocycles. The second kappa shape index (κ2) is 4.89. The normalized spacial score (nSPS) is 31.3. The van der Waals surface area contributed by atoms with Gasteiger partial charge in [-0.3, -0.25) is 14.5 Å². The third-order valence-electron chi connectivity index (χ3n) is 5.18. The van der Waals surface area contributed by atoms with E-state index < -0.39 is 5.41 Å². The zero-order chi connectivity index (χ0) is 14.3. The number of carbonyl (C=O) groups excluding carboxylic acids is 2. The standard InChI is InChI=1S/C15H26N2O2/c1-11(2)15(4)9-12(18)17(13(15)19)10-14(3)5-7-16-8-6-14/h11,16H,5-10H2,1-4H3. The number of imide groups is 1. The van der Waals surface area contributed by atoms with Gasteiger partial charge in [0.2, 0.25) is 11.8 Å². The molecule has 2 aliphatic heterocycles. The molecule has 2 aliphatic rings. The number of amides is 2. The van der Waals surface area contributed by atoms with Crippen LogP contribution in [0.3, 0.4) is 0 Å². The van der Waals surface area contributed by atoms with Crippen molar-refractivity contribution >= 4 is 11.8 Å². The molecule has 4 nitrogen and oxygen atoms in total. The number of piperidine rings is 1. The Bertz CT molecular complexity index is 386. The molecule has 0 aromatic carbocycles. The summed E-state index contributed by atoms with van der Waals surface area (Å²) >= 11 is 0. The van der Waals surface area contributed by atoms with Crippen LogP contribution in [0, 0.1) is 16.7 Å². The van der Waals surface area contributed by atoms with Crippen LogP contribution in [-0.4, -0.2) is 36.3 Å². The van der Waals surface area contributed by atoms with E-state index in [1.165, 1.54) is 4.90 Å². The minimum Gasteiger partial charge on any atom is -0.317 e. The summed E-state index contributed by atoms with van der Waals surface area (Å²) in [5.74, 6) is 0.253. The van der Waals surface area contributed by atoms with Crippen molar-refractivity contribution in [1.82, 2.24) is 10.2 Å². The van der Waals surface area contributed by atoms with Crippen molar-refractivity contribution in [3.8, 4) is 0 Å². The van der Waals surface area contributed by atoms with Crippen LogP contribution in [0.2, 0.25) is 0 Å². The Morgan fingerprint density at radius 3 is 2.26 bits per heavy atom. The van der Waals surface area contributed by atoms with Crippen LogP contribution >= 0.6 is 0 Å². The molecule has 0 aromatic heterocycles. The minimum absolute atomic E-state index is 0.0148. The first-order valence-corrected chi connectivity index (χ1v) is 7.34. The third-order valence-corrected chi connectivity index (χ3v) is 5.18. The van der Waals surface area contributed by atoms with E-state index in [1.54, 1.807) is 0 Å². The van der Waals surface area contributed by atoms with Crippen molar-refractivity contribution < 1.29 is 9.59 Å². The number of rotatable bonds is 3. The second-order valence-corrected chi connectivity index (χ2v) is 7.09. The number of nitrogens with one attached hydrogen (secondary N) is 1. The molecule has 2 heterocycles. The Balaban J connectivity index is 2.13. The molecule has 0 bridgehead atoms. The van der Waals surface area contributed by atoms with Crippen molar-refractivity contribution in [3.05, 3.63) is 0 Å². The monoisotopic (exact) mass is 266 g/mol. The molecule has 19 heavy (non-hydrogen) atoms. The van der Waals surface area contributed by atoms with Gasteiger partial charge in [0.05, 0.1) is 5.41 Å². The summed E-state index contributed by atoms with van der Waals surface area (Å²) in [5.41, 5.74) is -0.418. The molecule has 2 saturated heterocycles. The minimum atomic E-state index is -0.500. The molecule has 0 radical (unpaired) electrons. The SMILES string of the molecule is CC(C)C1(C)CC(=O)N(CC2(C)CCNCC2)C1=O. The van der Waals surface area contributed by atoms with Gasteiger partial charge in [0, 0.05) is 13.0 Å². The Labute approximate surface area is 115 Å². The van der Waals surface area contributed by atoms with Gasteiger partial charge in [-0.15, -0.1) is 0 Å². The van der Waals surface area contributed by atoms with Gasteiger partial charge in [0.15, 0.2) is 0 Å².